The van der Waals surface area contributed by atoms with E-state index in [0.29, 0.717) is 4.47 Å². The fourth-order valence-electron chi connectivity index (χ4n) is 1.13. The van der Waals surface area contributed by atoms with E-state index in [9.17, 15) is 8.42 Å². The number of hydrogen-bond donors (Lipinski definition) is 1. The molecule has 0 bridgehead atoms. The molecule has 0 saturated heterocycles. The van der Waals surface area contributed by atoms with Gasteiger partial charge in [-0.25, -0.2) is 18.1 Å². The first-order valence-electron chi connectivity index (χ1n) is 4.58. The van der Waals surface area contributed by atoms with Crippen LogP contribution >= 0.6 is 15.9 Å². The van der Waals surface area contributed by atoms with Crippen molar-refractivity contribution in [3.05, 3.63) is 16.7 Å². The smallest absolute Gasteiger partial charge is 0.246 e. The predicted octanol–water partition coefficient (Wildman–Crippen LogP) is 1.54. The molecule has 0 atom stereocenters. The van der Waals surface area contributed by atoms with Crippen LogP contribution in [0, 0.1) is 0 Å². The molecule has 0 aliphatic rings. The van der Waals surface area contributed by atoms with Crippen molar-refractivity contribution >= 4 is 26.0 Å². The number of nitrogens with zero attached hydrogens (tertiary/aromatic N) is 1. The highest BCUT2D eigenvalue weighted by Gasteiger charge is 2.21. The van der Waals surface area contributed by atoms with Crippen LogP contribution in [0.15, 0.2) is 21.6 Å². The summed E-state index contributed by atoms with van der Waals surface area (Å²) < 4.78 is 31.8. The van der Waals surface area contributed by atoms with E-state index in [-0.39, 0.29) is 16.8 Å². The van der Waals surface area contributed by atoms with Gasteiger partial charge in [0.2, 0.25) is 15.9 Å². The molecule has 1 N–H and O–H groups in total. The standard InChI is InChI=1S/C9H13BrN2O3S/c1-6(2)12-16(13,14)8-4-7(10)5-11-9(8)15-3/h4-6,12H,1-3H3. The van der Waals surface area contributed by atoms with Gasteiger partial charge in [-0.05, 0) is 35.8 Å². The number of aromatic nitrogens is 1. The van der Waals surface area contributed by atoms with E-state index < -0.39 is 10.0 Å². The average Bonchev–Trinajstić information content (AvgIpc) is 2.15. The third-order valence-electron chi connectivity index (χ3n) is 1.66. The zero-order chi connectivity index (χ0) is 12.3. The second-order valence-electron chi connectivity index (χ2n) is 3.44. The number of rotatable bonds is 4. The molecule has 5 nitrogen and oxygen atoms in total. The average molecular weight is 309 g/mol. The zero-order valence-corrected chi connectivity index (χ0v) is 11.6. The van der Waals surface area contributed by atoms with Crippen molar-refractivity contribution in [1.29, 1.82) is 0 Å². The lowest BCUT2D eigenvalue weighted by Crippen LogP contribution is -2.30. The molecule has 0 fully saturated rings. The van der Waals surface area contributed by atoms with Gasteiger partial charge in [0.05, 0.1) is 7.11 Å². The topological polar surface area (TPSA) is 68.3 Å². The van der Waals surface area contributed by atoms with Crippen molar-refractivity contribution in [2.75, 3.05) is 7.11 Å². The quantitative estimate of drug-likeness (QED) is 0.916. The zero-order valence-electron chi connectivity index (χ0n) is 9.19. The number of pyridine rings is 1. The fourth-order valence-corrected chi connectivity index (χ4v) is 3.01. The van der Waals surface area contributed by atoms with Crippen molar-refractivity contribution in [3.8, 4) is 5.88 Å². The second-order valence-corrected chi connectivity index (χ2v) is 6.04. The molecule has 0 saturated carbocycles. The lowest BCUT2D eigenvalue weighted by molar-refractivity contribution is 0.384. The van der Waals surface area contributed by atoms with E-state index in [1.165, 1.54) is 19.4 Å². The van der Waals surface area contributed by atoms with Gasteiger partial charge in [-0.1, -0.05) is 0 Å². The maximum atomic E-state index is 11.9. The molecular formula is C9H13BrN2O3S. The number of methoxy groups -OCH3 is 1. The Balaban J connectivity index is 3.25. The first-order chi connectivity index (χ1) is 7.36. The first kappa shape index (κ1) is 13.4. The maximum Gasteiger partial charge on any atom is 0.246 e. The van der Waals surface area contributed by atoms with Crippen LogP contribution in [-0.2, 0) is 10.0 Å². The molecule has 0 amide bonds. The highest BCUT2D eigenvalue weighted by Crippen LogP contribution is 2.24. The molecule has 0 radical (unpaired) electrons. The van der Waals surface area contributed by atoms with Crippen LogP contribution in [0.4, 0.5) is 0 Å². The van der Waals surface area contributed by atoms with Gasteiger partial charge >= 0.3 is 0 Å². The molecular weight excluding hydrogens is 296 g/mol. The number of halogens is 1. The van der Waals surface area contributed by atoms with Crippen LogP contribution in [0.3, 0.4) is 0 Å². The summed E-state index contributed by atoms with van der Waals surface area (Å²) in [5.41, 5.74) is 0. The highest BCUT2D eigenvalue weighted by atomic mass is 79.9. The summed E-state index contributed by atoms with van der Waals surface area (Å²) >= 11 is 3.17. The molecule has 16 heavy (non-hydrogen) atoms. The Morgan fingerprint density at radius 1 is 1.50 bits per heavy atom. The molecule has 0 aromatic carbocycles. The molecule has 1 heterocycles. The molecule has 0 aliphatic carbocycles. The Hall–Kier alpha value is -0.660. The van der Waals surface area contributed by atoms with Gasteiger partial charge in [-0.15, -0.1) is 0 Å². The van der Waals surface area contributed by atoms with Crippen LogP contribution in [-0.4, -0.2) is 26.6 Å². The minimum Gasteiger partial charge on any atom is -0.480 e. The third-order valence-corrected chi connectivity index (χ3v) is 3.75. The van der Waals surface area contributed by atoms with Crippen molar-refractivity contribution < 1.29 is 13.2 Å². The van der Waals surface area contributed by atoms with Crippen molar-refractivity contribution in [3.63, 3.8) is 0 Å². The van der Waals surface area contributed by atoms with Gasteiger partial charge in [-0.2, -0.15) is 0 Å². The van der Waals surface area contributed by atoms with Gasteiger partial charge < -0.3 is 4.74 Å². The largest absolute Gasteiger partial charge is 0.480 e. The summed E-state index contributed by atoms with van der Waals surface area (Å²) in [5, 5.41) is 0. The Morgan fingerprint density at radius 3 is 2.62 bits per heavy atom. The minimum absolute atomic E-state index is 0.0260. The van der Waals surface area contributed by atoms with E-state index in [4.69, 9.17) is 4.74 Å². The second kappa shape index (κ2) is 5.11. The number of ether oxygens (including phenoxy) is 1. The molecule has 0 aliphatic heterocycles. The van der Waals surface area contributed by atoms with E-state index >= 15 is 0 Å². The summed E-state index contributed by atoms with van der Waals surface area (Å²) in [6.45, 7) is 3.49. The van der Waals surface area contributed by atoms with Gasteiger partial charge in [0.25, 0.3) is 0 Å². The normalized spacial score (nSPS) is 11.8. The molecule has 1 rings (SSSR count). The van der Waals surface area contributed by atoms with Crippen molar-refractivity contribution in [1.82, 2.24) is 9.71 Å². The van der Waals surface area contributed by atoms with E-state index in [0.717, 1.165) is 0 Å². The molecule has 90 valence electrons. The summed E-state index contributed by atoms with van der Waals surface area (Å²) in [7, 11) is -2.21. The summed E-state index contributed by atoms with van der Waals surface area (Å²) in [5.74, 6) is 0.0800. The third kappa shape index (κ3) is 3.16. The number of sulfonamides is 1. The van der Waals surface area contributed by atoms with Gasteiger partial charge in [0, 0.05) is 16.7 Å². The molecule has 0 spiro atoms. The van der Waals surface area contributed by atoms with Gasteiger partial charge in [0.15, 0.2) is 0 Å². The molecule has 7 heteroatoms. The fraction of sp³-hybridized carbons (Fsp3) is 0.444. The van der Waals surface area contributed by atoms with Crippen molar-refractivity contribution in [2.24, 2.45) is 0 Å². The van der Waals surface area contributed by atoms with Gasteiger partial charge in [0.1, 0.15) is 4.90 Å². The molecule has 0 unspecified atom stereocenters. The lowest BCUT2D eigenvalue weighted by Gasteiger charge is -2.11. The van der Waals surface area contributed by atoms with Crippen LogP contribution < -0.4 is 9.46 Å². The summed E-state index contributed by atoms with van der Waals surface area (Å²) in [6, 6.07) is 1.27. The van der Waals surface area contributed by atoms with Gasteiger partial charge in [-0.3, -0.25) is 0 Å². The molecule has 1 aromatic heterocycles. The van der Waals surface area contributed by atoms with Crippen molar-refractivity contribution in [2.45, 2.75) is 24.8 Å². The summed E-state index contributed by atoms with van der Waals surface area (Å²) in [4.78, 5) is 3.91. The Morgan fingerprint density at radius 2 is 2.12 bits per heavy atom. The number of nitrogens with one attached hydrogen (secondary N) is 1. The summed E-state index contributed by atoms with van der Waals surface area (Å²) in [6.07, 6.45) is 1.48. The van der Waals surface area contributed by atoms with Crippen LogP contribution in [0.25, 0.3) is 0 Å². The predicted molar refractivity (Wildman–Crippen MR) is 63.9 cm³/mol. The van der Waals surface area contributed by atoms with E-state index in [2.05, 4.69) is 25.6 Å². The Kier molecular flexibility index (Phi) is 4.28. The van der Waals surface area contributed by atoms with Crippen LogP contribution in [0.1, 0.15) is 13.8 Å². The van der Waals surface area contributed by atoms with Crippen LogP contribution in [0.2, 0.25) is 0 Å². The first-order valence-corrected chi connectivity index (χ1v) is 6.86. The Labute approximate surface area is 103 Å². The van der Waals surface area contributed by atoms with Crippen LogP contribution in [0.5, 0.6) is 5.88 Å². The SMILES string of the molecule is COc1ncc(Br)cc1S(=O)(=O)NC(C)C. The number of hydrogen-bond acceptors (Lipinski definition) is 4. The lowest BCUT2D eigenvalue weighted by atomic mass is 10.4. The van der Waals surface area contributed by atoms with E-state index in [1.807, 2.05) is 0 Å². The minimum atomic E-state index is -3.59. The Bertz CT molecular complexity index is 474. The monoisotopic (exact) mass is 308 g/mol. The highest BCUT2D eigenvalue weighted by molar-refractivity contribution is 9.10. The molecule has 1 aromatic rings. The maximum absolute atomic E-state index is 11.9. The van der Waals surface area contributed by atoms with E-state index in [1.54, 1.807) is 13.8 Å².